The summed E-state index contributed by atoms with van der Waals surface area (Å²) >= 11 is -1.37. The molecule has 0 aromatic carbocycles. The first kappa shape index (κ1) is 15.6. The summed E-state index contributed by atoms with van der Waals surface area (Å²) in [6, 6.07) is 0.274. The number of nitrogens with one attached hydrogen (secondary N) is 1. The number of hydrogen-bond acceptors (Lipinski definition) is 5. The molecule has 120 valence electrons. The first-order valence-electron chi connectivity index (χ1n) is 7.64. The lowest BCUT2D eigenvalue weighted by atomic mass is 9.99. The van der Waals surface area contributed by atoms with Gasteiger partial charge in [0.1, 0.15) is 5.82 Å². The van der Waals surface area contributed by atoms with Crippen LogP contribution in [0.25, 0.3) is 0 Å². The van der Waals surface area contributed by atoms with Crippen LogP contribution in [0.2, 0.25) is 0 Å². The molecule has 1 saturated carbocycles. The average molecular weight is 417 g/mol. The van der Waals surface area contributed by atoms with E-state index in [-0.39, 0.29) is 23.8 Å². The minimum Gasteiger partial charge on any atom is -0.368 e. The SMILES string of the molecule is Nc1ncc(C[C@@H]2CCNC2=O)c(N(I=O)C2CCCC2)n1. The van der Waals surface area contributed by atoms with Crippen molar-refractivity contribution in [1.82, 2.24) is 15.3 Å². The largest absolute Gasteiger partial charge is 0.368 e. The van der Waals surface area contributed by atoms with Crippen molar-refractivity contribution in [3.8, 4) is 0 Å². The second kappa shape index (κ2) is 6.84. The molecule has 0 spiro atoms. The summed E-state index contributed by atoms with van der Waals surface area (Å²) < 4.78 is 13.7. The molecular weight excluding hydrogens is 397 g/mol. The monoisotopic (exact) mass is 417 g/mol. The van der Waals surface area contributed by atoms with Gasteiger partial charge in [-0.2, -0.15) is 4.98 Å². The van der Waals surface area contributed by atoms with E-state index in [1.807, 2.05) is 3.11 Å². The van der Waals surface area contributed by atoms with E-state index in [0.29, 0.717) is 12.2 Å². The van der Waals surface area contributed by atoms with Crippen LogP contribution in [0.4, 0.5) is 11.8 Å². The van der Waals surface area contributed by atoms with Crippen LogP contribution in [0.5, 0.6) is 0 Å². The molecule has 1 aliphatic carbocycles. The van der Waals surface area contributed by atoms with E-state index in [2.05, 4.69) is 15.3 Å². The van der Waals surface area contributed by atoms with E-state index in [1.165, 1.54) is 0 Å². The number of aromatic nitrogens is 2. The fraction of sp³-hybridized carbons (Fsp3) is 0.643. The minimum atomic E-state index is -1.37. The van der Waals surface area contributed by atoms with Crippen molar-refractivity contribution in [2.75, 3.05) is 15.4 Å². The maximum atomic E-state index is 11.8. The minimum absolute atomic E-state index is 0.0544. The van der Waals surface area contributed by atoms with Crippen molar-refractivity contribution in [2.24, 2.45) is 5.92 Å². The van der Waals surface area contributed by atoms with Gasteiger partial charge in [0.25, 0.3) is 21.5 Å². The molecule has 1 aliphatic heterocycles. The number of halogens is 1. The van der Waals surface area contributed by atoms with Crippen molar-refractivity contribution in [3.63, 3.8) is 0 Å². The van der Waals surface area contributed by atoms with Crippen LogP contribution in [0.15, 0.2) is 6.20 Å². The zero-order chi connectivity index (χ0) is 15.5. The molecule has 1 atom stereocenters. The molecule has 1 amide bonds. The third kappa shape index (κ3) is 3.21. The average Bonchev–Trinajstić information content (AvgIpc) is 3.15. The highest BCUT2D eigenvalue weighted by Crippen LogP contribution is 2.35. The Morgan fingerprint density at radius 1 is 1.36 bits per heavy atom. The van der Waals surface area contributed by atoms with Crippen LogP contribution in [0.1, 0.15) is 37.7 Å². The lowest BCUT2D eigenvalue weighted by Gasteiger charge is -2.24. The fourth-order valence-electron chi connectivity index (χ4n) is 3.24. The molecule has 2 fully saturated rings. The Balaban J connectivity index is 1.89. The second-order valence-electron chi connectivity index (χ2n) is 5.88. The fourth-order valence-corrected chi connectivity index (χ4v) is 4.72. The number of nitrogen functional groups attached to an aromatic ring is 1. The predicted octanol–water partition coefficient (Wildman–Crippen LogP) is 1.72. The summed E-state index contributed by atoms with van der Waals surface area (Å²) in [6.07, 6.45) is 7.47. The number of nitrogens with two attached hydrogens (primary N) is 1. The van der Waals surface area contributed by atoms with Gasteiger partial charge in [0.05, 0.1) is 0 Å². The van der Waals surface area contributed by atoms with Gasteiger partial charge < -0.3 is 11.1 Å². The van der Waals surface area contributed by atoms with Crippen LogP contribution in [-0.4, -0.2) is 28.5 Å². The van der Waals surface area contributed by atoms with E-state index >= 15 is 0 Å². The molecule has 1 saturated heterocycles. The molecule has 0 radical (unpaired) electrons. The molecule has 0 unspecified atom stereocenters. The van der Waals surface area contributed by atoms with E-state index in [1.54, 1.807) is 6.20 Å². The van der Waals surface area contributed by atoms with Gasteiger partial charge in [-0.1, -0.05) is 12.8 Å². The standard InChI is InChI=1S/C14H20IN5O2/c16-14-18-8-10(7-9-5-6-17-13(9)21)12(19-14)20(15-22)11-3-1-2-4-11/h8-9,11H,1-7H2,(H,17,21)(H2,16,18,19)/t9-/m0/s1. The van der Waals surface area contributed by atoms with Gasteiger partial charge >= 0.3 is 0 Å². The number of amides is 1. The molecule has 1 aromatic rings. The van der Waals surface area contributed by atoms with E-state index < -0.39 is 21.5 Å². The summed E-state index contributed by atoms with van der Waals surface area (Å²) in [6.45, 7) is 0.718. The van der Waals surface area contributed by atoms with Crippen LogP contribution in [0.3, 0.4) is 0 Å². The number of carbonyl (C=O) groups is 1. The Morgan fingerprint density at radius 3 is 2.77 bits per heavy atom. The van der Waals surface area contributed by atoms with Gasteiger partial charge in [0.15, 0.2) is 0 Å². The highest BCUT2D eigenvalue weighted by molar-refractivity contribution is 14.1. The van der Waals surface area contributed by atoms with Crippen molar-refractivity contribution in [3.05, 3.63) is 11.8 Å². The first-order chi connectivity index (χ1) is 10.7. The molecular formula is C14H20IN5O2. The molecule has 3 N–H and O–H groups in total. The smallest absolute Gasteiger partial charge is 0.275 e. The Kier molecular flexibility index (Phi) is 4.84. The molecule has 2 heterocycles. The van der Waals surface area contributed by atoms with Crippen LogP contribution >= 0.6 is 21.5 Å². The molecule has 22 heavy (non-hydrogen) atoms. The molecule has 3 rings (SSSR count). The van der Waals surface area contributed by atoms with E-state index in [0.717, 1.165) is 44.2 Å². The van der Waals surface area contributed by atoms with Crippen molar-refractivity contribution in [2.45, 2.75) is 44.6 Å². The van der Waals surface area contributed by atoms with Crippen molar-refractivity contribution in [1.29, 1.82) is 0 Å². The van der Waals surface area contributed by atoms with Gasteiger partial charge in [-0.05, 0) is 25.7 Å². The van der Waals surface area contributed by atoms with Gasteiger partial charge in [-0.25, -0.2) is 8.05 Å². The number of hydrogen-bond donors (Lipinski definition) is 2. The highest BCUT2D eigenvalue weighted by atomic mass is 127. The Hall–Kier alpha value is -1.32. The summed E-state index contributed by atoms with van der Waals surface area (Å²) in [5.74, 6) is 0.880. The molecule has 1 aromatic heterocycles. The number of rotatable bonds is 5. The van der Waals surface area contributed by atoms with Gasteiger partial charge in [-0.15, -0.1) is 0 Å². The molecule has 8 heteroatoms. The van der Waals surface area contributed by atoms with Gasteiger partial charge in [0.2, 0.25) is 11.9 Å². The van der Waals surface area contributed by atoms with E-state index in [9.17, 15) is 7.86 Å². The molecule has 7 nitrogen and oxygen atoms in total. The third-order valence-corrected chi connectivity index (χ3v) is 6.08. The molecule has 0 bridgehead atoms. The normalized spacial score (nSPS) is 22.0. The predicted molar refractivity (Wildman–Crippen MR) is 90.7 cm³/mol. The quantitative estimate of drug-likeness (QED) is 0.559. The summed E-state index contributed by atoms with van der Waals surface area (Å²) in [5, 5.41) is 2.85. The topological polar surface area (TPSA) is 101 Å². The first-order valence-corrected chi connectivity index (χ1v) is 9.49. The maximum Gasteiger partial charge on any atom is 0.275 e. The Bertz CT molecular complexity index is 576. The zero-order valence-corrected chi connectivity index (χ0v) is 14.5. The third-order valence-electron chi connectivity index (χ3n) is 4.41. The Labute approximate surface area is 140 Å². The zero-order valence-electron chi connectivity index (χ0n) is 12.3. The summed E-state index contributed by atoms with van der Waals surface area (Å²) in [4.78, 5) is 20.2. The van der Waals surface area contributed by atoms with Crippen molar-refractivity contribution < 1.29 is 7.86 Å². The number of anilines is 2. The van der Waals surface area contributed by atoms with Crippen LogP contribution < -0.4 is 14.2 Å². The summed E-state index contributed by atoms with van der Waals surface area (Å²) in [7, 11) is 0. The molecule has 2 aliphatic rings. The van der Waals surface area contributed by atoms with Crippen LogP contribution in [0, 0.1) is 5.92 Å². The van der Waals surface area contributed by atoms with Crippen LogP contribution in [-0.2, 0) is 14.3 Å². The van der Waals surface area contributed by atoms with Gasteiger partial charge in [0, 0.05) is 30.3 Å². The lowest BCUT2D eigenvalue weighted by Crippen LogP contribution is -2.27. The van der Waals surface area contributed by atoms with Gasteiger partial charge in [-0.3, -0.25) is 7.91 Å². The highest BCUT2D eigenvalue weighted by Gasteiger charge is 2.30. The number of carbonyl (C=O) groups excluding carboxylic acids is 1. The Morgan fingerprint density at radius 2 is 2.14 bits per heavy atom. The second-order valence-corrected chi connectivity index (χ2v) is 7.31. The summed E-state index contributed by atoms with van der Waals surface area (Å²) in [5.41, 5.74) is 6.61. The number of nitrogens with zero attached hydrogens (tertiary/aromatic N) is 3. The van der Waals surface area contributed by atoms with E-state index in [4.69, 9.17) is 5.73 Å². The van der Waals surface area contributed by atoms with Crippen molar-refractivity contribution >= 4 is 39.1 Å². The lowest BCUT2D eigenvalue weighted by molar-refractivity contribution is -0.122. The maximum absolute atomic E-state index is 11.8.